The summed E-state index contributed by atoms with van der Waals surface area (Å²) >= 11 is 6.25. The van der Waals surface area contributed by atoms with E-state index in [2.05, 4.69) is 4.99 Å². The zero-order valence-corrected chi connectivity index (χ0v) is 16.3. The summed E-state index contributed by atoms with van der Waals surface area (Å²) in [5, 5.41) is 0.468. The van der Waals surface area contributed by atoms with Gasteiger partial charge in [0, 0.05) is 34.2 Å². The molecule has 6 heteroatoms. The van der Waals surface area contributed by atoms with Gasteiger partial charge in [0.15, 0.2) is 5.90 Å². The van der Waals surface area contributed by atoms with Crippen molar-refractivity contribution in [3.05, 3.63) is 64.2 Å². The lowest BCUT2D eigenvalue weighted by Crippen LogP contribution is -2.57. The lowest BCUT2D eigenvalue weighted by molar-refractivity contribution is -0.144. The van der Waals surface area contributed by atoms with E-state index >= 15 is 0 Å². The summed E-state index contributed by atoms with van der Waals surface area (Å²) in [6, 6.07) is 12.2. The van der Waals surface area contributed by atoms with Crippen molar-refractivity contribution in [3.8, 4) is 0 Å². The zero-order chi connectivity index (χ0) is 19.6. The summed E-state index contributed by atoms with van der Waals surface area (Å²) in [6.45, 7) is 5.90. The number of nitrogens with zero attached hydrogens (tertiary/aromatic N) is 2. The summed E-state index contributed by atoms with van der Waals surface area (Å²) in [6.07, 6.45) is 0. The van der Waals surface area contributed by atoms with Crippen LogP contribution in [0.2, 0.25) is 5.02 Å². The Morgan fingerprint density at radius 3 is 2.48 bits per heavy atom. The summed E-state index contributed by atoms with van der Waals surface area (Å²) in [5.41, 5.74) is 0.170. The van der Waals surface area contributed by atoms with Gasteiger partial charge in [-0.3, -0.25) is 14.5 Å². The Morgan fingerprint density at radius 2 is 1.78 bits per heavy atom. The topological polar surface area (TPSA) is 59.0 Å². The third kappa shape index (κ3) is 2.42. The second-order valence-corrected chi connectivity index (χ2v) is 8.26. The quantitative estimate of drug-likeness (QED) is 0.638. The van der Waals surface area contributed by atoms with Gasteiger partial charge in [0.25, 0.3) is 11.8 Å². The van der Waals surface area contributed by atoms with Crippen molar-refractivity contribution in [1.82, 2.24) is 4.90 Å². The molecule has 0 saturated heterocycles. The van der Waals surface area contributed by atoms with Gasteiger partial charge in [0.2, 0.25) is 5.60 Å². The number of hydrogen-bond acceptors (Lipinski definition) is 4. The lowest BCUT2D eigenvalue weighted by atomic mass is 9.77. The molecule has 0 bridgehead atoms. The van der Waals surface area contributed by atoms with Crippen molar-refractivity contribution in [2.75, 3.05) is 7.05 Å². The number of ether oxygens (including phenoxy) is 1. The van der Waals surface area contributed by atoms with Gasteiger partial charge in [-0.15, -0.1) is 0 Å². The molecular weight excluding hydrogens is 364 g/mol. The van der Waals surface area contributed by atoms with E-state index in [1.165, 1.54) is 7.05 Å². The van der Waals surface area contributed by atoms with E-state index in [1.54, 1.807) is 42.5 Å². The van der Waals surface area contributed by atoms with Crippen LogP contribution in [0.4, 0.5) is 5.69 Å². The highest BCUT2D eigenvalue weighted by Gasteiger charge is 2.57. The van der Waals surface area contributed by atoms with E-state index in [4.69, 9.17) is 16.3 Å². The van der Waals surface area contributed by atoms with E-state index in [9.17, 15) is 9.59 Å². The lowest BCUT2D eigenvalue weighted by Gasteiger charge is -2.44. The molecule has 0 radical (unpaired) electrons. The number of halogens is 1. The molecule has 1 spiro atoms. The fourth-order valence-electron chi connectivity index (χ4n) is 3.50. The van der Waals surface area contributed by atoms with Crippen LogP contribution in [-0.2, 0) is 15.1 Å². The molecule has 0 N–H and O–H groups in total. The SMILES string of the molecule is CN1C(=O)c2ccccc2C2(OC(C(C)(C)C)=Nc3ccc(Cl)cc32)C1=O. The fraction of sp³-hybridized carbons (Fsp3) is 0.286. The van der Waals surface area contributed by atoms with Gasteiger partial charge in [-0.05, 0) is 24.3 Å². The Labute approximate surface area is 162 Å². The number of carbonyl (C=O) groups is 2. The number of amides is 2. The fourth-order valence-corrected chi connectivity index (χ4v) is 3.67. The van der Waals surface area contributed by atoms with E-state index in [-0.39, 0.29) is 5.91 Å². The minimum atomic E-state index is -1.50. The van der Waals surface area contributed by atoms with Crippen LogP contribution < -0.4 is 0 Å². The number of hydrogen-bond donors (Lipinski definition) is 0. The van der Waals surface area contributed by atoms with Crippen LogP contribution in [0.15, 0.2) is 47.5 Å². The normalized spacial score (nSPS) is 21.5. The van der Waals surface area contributed by atoms with Crippen LogP contribution in [0.1, 0.15) is 42.3 Å². The van der Waals surface area contributed by atoms with Gasteiger partial charge in [-0.2, -0.15) is 0 Å². The van der Waals surface area contributed by atoms with Crippen molar-refractivity contribution in [2.45, 2.75) is 26.4 Å². The monoisotopic (exact) mass is 382 g/mol. The molecule has 5 nitrogen and oxygen atoms in total. The smallest absolute Gasteiger partial charge is 0.283 e. The highest BCUT2D eigenvalue weighted by molar-refractivity contribution is 6.31. The first kappa shape index (κ1) is 17.7. The molecule has 0 saturated carbocycles. The first-order chi connectivity index (χ1) is 12.7. The van der Waals surface area contributed by atoms with Gasteiger partial charge in [0.1, 0.15) is 0 Å². The molecule has 2 heterocycles. The molecule has 2 aliphatic rings. The molecule has 27 heavy (non-hydrogen) atoms. The third-order valence-electron chi connectivity index (χ3n) is 4.90. The second kappa shape index (κ2) is 5.67. The Hall–Kier alpha value is -2.66. The van der Waals surface area contributed by atoms with Crippen LogP contribution in [0, 0.1) is 5.41 Å². The van der Waals surface area contributed by atoms with Crippen LogP contribution in [-0.4, -0.2) is 29.7 Å². The third-order valence-corrected chi connectivity index (χ3v) is 5.13. The minimum absolute atomic E-state index is 0.353. The van der Waals surface area contributed by atoms with Gasteiger partial charge in [-0.25, -0.2) is 4.99 Å². The van der Waals surface area contributed by atoms with Crippen molar-refractivity contribution < 1.29 is 14.3 Å². The van der Waals surface area contributed by atoms with E-state index in [0.29, 0.717) is 33.3 Å². The largest absolute Gasteiger partial charge is 0.454 e. The number of likely N-dealkylation sites (N-methyl/N-ethyl adjacent to an activating group) is 1. The number of imide groups is 1. The van der Waals surface area contributed by atoms with E-state index in [1.807, 2.05) is 20.8 Å². The average molecular weight is 383 g/mol. The van der Waals surface area contributed by atoms with Gasteiger partial charge >= 0.3 is 0 Å². The molecule has 2 aromatic carbocycles. The standard InChI is InChI=1S/C21H19ClN2O3/c1-20(2,3)18-23-16-10-9-12(22)11-15(16)21(27-18)14-8-6-5-7-13(14)17(25)24(4)19(21)26/h5-11H,1-4H3. The minimum Gasteiger partial charge on any atom is -0.454 e. The Balaban J connectivity index is 2.12. The maximum atomic E-state index is 13.5. The summed E-state index contributed by atoms with van der Waals surface area (Å²) in [5.74, 6) is -0.372. The molecular formula is C21H19ClN2O3. The predicted molar refractivity (Wildman–Crippen MR) is 103 cm³/mol. The molecule has 0 aromatic heterocycles. The second-order valence-electron chi connectivity index (χ2n) is 7.83. The van der Waals surface area contributed by atoms with Gasteiger partial charge < -0.3 is 4.74 Å². The van der Waals surface area contributed by atoms with Gasteiger partial charge in [-0.1, -0.05) is 50.6 Å². The van der Waals surface area contributed by atoms with Crippen molar-refractivity contribution in [3.63, 3.8) is 0 Å². The van der Waals surface area contributed by atoms with Crippen LogP contribution in [0.3, 0.4) is 0 Å². The molecule has 2 aliphatic heterocycles. The van der Waals surface area contributed by atoms with Gasteiger partial charge in [0.05, 0.1) is 5.69 Å². The van der Waals surface area contributed by atoms with Crippen molar-refractivity contribution in [1.29, 1.82) is 0 Å². The number of fused-ring (bicyclic) bond motifs is 4. The molecule has 0 fully saturated rings. The van der Waals surface area contributed by atoms with Crippen LogP contribution >= 0.6 is 11.6 Å². The van der Waals surface area contributed by atoms with E-state index < -0.39 is 16.9 Å². The molecule has 4 rings (SSSR count). The average Bonchev–Trinajstić information content (AvgIpc) is 2.63. The molecule has 138 valence electrons. The predicted octanol–water partition coefficient (Wildman–Crippen LogP) is 4.30. The molecule has 0 aliphatic carbocycles. The Bertz CT molecular complexity index is 1020. The molecule has 2 aromatic rings. The highest BCUT2D eigenvalue weighted by Crippen LogP contribution is 2.49. The van der Waals surface area contributed by atoms with Crippen LogP contribution in [0.5, 0.6) is 0 Å². The number of benzene rings is 2. The van der Waals surface area contributed by atoms with Crippen molar-refractivity contribution >= 4 is 35.0 Å². The Morgan fingerprint density at radius 1 is 1.07 bits per heavy atom. The first-order valence-corrected chi connectivity index (χ1v) is 9.04. The summed E-state index contributed by atoms with van der Waals surface area (Å²) < 4.78 is 6.37. The Kier molecular flexibility index (Phi) is 3.72. The van der Waals surface area contributed by atoms with Crippen molar-refractivity contribution in [2.24, 2.45) is 10.4 Å². The number of aliphatic imine (C=N–C) groups is 1. The molecule has 2 amide bonds. The summed E-state index contributed by atoms with van der Waals surface area (Å²) in [4.78, 5) is 32.0. The highest BCUT2D eigenvalue weighted by atomic mass is 35.5. The molecule has 1 unspecified atom stereocenters. The summed E-state index contributed by atoms with van der Waals surface area (Å²) in [7, 11) is 1.47. The van der Waals surface area contributed by atoms with Crippen LogP contribution in [0.25, 0.3) is 0 Å². The maximum Gasteiger partial charge on any atom is 0.283 e. The number of rotatable bonds is 0. The number of carbonyl (C=O) groups excluding carboxylic acids is 2. The first-order valence-electron chi connectivity index (χ1n) is 8.66. The van der Waals surface area contributed by atoms with E-state index in [0.717, 1.165) is 4.90 Å². The molecule has 1 atom stereocenters. The zero-order valence-electron chi connectivity index (χ0n) is 15.5. The maximum absolute atomic E-state index is 13.5.